The van der Waals surface area contributed by atoms with E-state index in [1.165, 1.54) is 12.1 Å². The number of rotatable bonds is 3. The Hall–Kier alpha value is -1.95. The fourth-order valence-corrected chi connectivity index (χ4v) is 2.06. The van der Waals surface area contributed by atoms with Gasteiger partial charge in [0.25, 0.3) is 5.91 Å². The van der Waals surface area contributed by atoms with Crippen LogP contribution in [0, 0.1) is 12.7 Å². The minimum absolute atomic E-state index is 0.321. The van der Waals surface area contributed by atoms with E-state index < -0.39 is 5.82 Å². The third kappa shape index (κ3) is 3.33. The second-order valence-corrected chi connectivity index (χ2v) is 5.07. The van der Waals surface area contributed by atoms with Crippen LogP contribution in [0.25, 0.3) is 0 Å². The first-order chi connectivity index (χ1) is 9.49. The van der Waals surface area contributed by atoms with E-state index in [9.17, 15) is 9.18 Å². The molecule has 2 aromatic rings. The van der Waals surface area contributed by atoms with Gasteiger partial charge in [0, 0.05) is 22.8 Å². The number of amides is 1. The van der Waals surface area contributed by atoms with Crippen molar-refractivity contribution in [3.63, 3.8) is 0 Å². The van der Waals surface area contributed by atoms with E-state index in [4.69, 9.17) is 0 Å². The largest absolute Gasteiger partial charge is 0.373 e. The smallest absolute Gasteiger partial charge is 0.255 e. The van der Waals surface area contributed by atoms with E-state index in [2.05, 4.69) is 31.5 Å². The highest BCUT2D eigenvalue weighted by Crippen LogP contribution is 2.24. The summed E-state index contributed by atoms with van der Waals surface area (Å²) >= 11 is 3.27. The molecule has 0 fully saturated rings. The molecule has 1 aromatic heterocycles. The number of nitrogens with one attached hydrogen (secondary N) is 2. The van der Waals surface area contributed by atoms with Crippen LogP contribution < -0.4 is 10.6 Å². The quantitative estimate of drug-likeness (QED) is 0.899. The third-order valence-corrected chi connectivity index (χ3v) is 3.34. The fourth-order valence-electron chi connectivity index (χ4n) is 1.72. The maximum Gasteiger partial charge on any atom is 0.255 e. The van der Waals surface area contributed by atoms with Crippen molar-refractivity contribution in [2.45, 2.75) is 6.92 Å². The first-order valence-electron chi connectivity index (χ1n) is 5.92. The summed E-state index contributed by atoms with van der Waals surface area (Å²) in [4.78, 5) is 16.4. The topological polar surface area (TPSA) is 54.0 Å². The molecular formula is C14H13BrFN3O. The Balaban J connectivity index is 2.28. The summed E-state index contributed by atoms with van der Waals surface area (Å²) in [5.74, 6) is -0.128. The van der Waals surface area contributed by atoms with Gasteiger partial charge in [0.1, 0.15) is 11.6 Å². The Kier molecular flexibility index (Phi) is 4.34. The number of anilines is 2. The molecule has 2 N–H and O–H groups in total. The Morgan fingerprint density at radius 1 is 1.30 bits per heavy atom. The second kappa shape index (κ2) is 6.00. The number of halogens is 2. The van der Waals surface area contributed by atoms with E-state index in [1.807, 2.05) is 0 Å². The molecule has 1 amide bonds. The fraction of sp³-hybridized carbons (Fsp3) is 0.143. The van der Waals surface area contributed by atoms with Crippen molar-refractivity contribution in [2.75, 3.05) is 17.7 Å². The summed E-state index contributed by atoms with van der Waals surface area (Å²) in [6.45, 7) is 1.80. The molecule has 0 aliphatic rings. The SMILES string of the molecule is CNc1cc(C(=O)Nc2cc(F)ccc2Br)cc(C)n1. The van der Waals surface area contributed by atoms with E-state index in [-0.39, 0.29) is 5.91 Å². The van der Waals surface area contributed by atoms with Crippen LogP contribution in [0.3, 0.4) is 0 Å². The zero-order valence-corrected chi connectivity index (χ0v) is 12.6. The summed E-state index contributed by atoms with van der Waals surface area (Å²) in [5, 5.41) is 5.55. The number of aromatic nitrogens is 1. The van der Waals surface area contributed by atoms with Gasteiger partial charge >= 0.3 is 0 Å². The van der Waals surface area contributed by atoms with Crippen LogP contribution in [0.5, 0.6) is 0 Å². The van der Waals surface area contributed by atoms with Crippen molar-refractivity contribution in [3.05, 3.63) is 51.9 Å². The number of nitrogens with zero attached hydrogens (tertiary/aromatic N) is 1. The Bertz CT molecular complexity index is 661. The number of benzene rings is 1. The van der Waals surface area contributed by atoms with E-state index in [0.29, 0.717) is 21.5 Å². The number of hydrogen-bond donors (Lipinski definition) is 2. The Labute approximate surface area is 124 Å². The van der Waals surface area contributed by atoms with Crippen LogP contribution in [0.4, 0.5) is 15.9 Å². The average molecular weight is 338 g/mol. The van der Waals surface area contributed by atoms with Crippen molar-refractivity contribution in [1.82, 2.24) is 4.98 Å². The number of aryl methyl sites for hydroxylation is 1. The van der Waals surface area contributed by atoms with Gasteiger partial charge in [-0.3, -0.25) is 4.79 Å². The minimum atomic E-state index is -0.412. The first kappa shape index (κ1) is 14.5. The first-order valence-corrected chi connectivity index (χ1v) is 6.72. The van der Waals surface area contributed by atoms with Crippen LogP contribution in [-0.2, 0) is 0 Å². The van der Waals surface area contributed by atoms with Crippen molar-refractivity contribution < 1.29 is 9.18 Å². The summed E-state index contributed by atoms with van der Waals surface area (Å²) in [6.07, 6.45) is 0. The van der Waals surface area contributed by atoms with Gasteiger partial charge < -0.3 is 10.6 Å². The van der Waals surface area contributed by atoms with Gasteiger partial charge in [0.15, 0.2) is 0 Å². The average Bonchev–Trinajstić information content (AvgIpc) is 2.42. The zero-order chi connectivity index (χ0) is 14.7. The molecular weight excluding hydrogens is 325 g/mol. The lowest BCUT2D eigenvalue weighted by Crippen LogP contribution is -2.13. The summed E-state index contributed by atoms with van der Waals surface area (Å²) in [6, 6.07) is 7.42. The lowest BCUT2D eigenvalue weighted by molar-refractivity contribution is 0.102. The van der Waals surface area contributed by atoms with Crippen molar-refractivity contribution in [1.29, 1.82) is 0 Å². The molecule has 1 heterocycles. The van der Waals surface area contributed by atoms with Crippen LogP contribution in [0.2, 0.25) is 0 Å². The molecule has 0 atom stereocenters. The van der Waals surface area contributed by atoms with Crippen molar-refractivity contribution in [3.8, 4) is 0 Å². The van der Waals surface area contributed by atoms with Gasteiger partial charge in [-0.15, -0.1) is 0 Å². The summed E-state index contributed by atoms with van der Waals surface area (Å²) < 4.78 is 13.8. The molecule has 0 aliphatic heterocycles. The van der Waals surface area contributed by atoms with Gasteiger partial charge in [-0.25, -0.2) is 9.37 Å². The lowest BCUT2D eigenvalue weighted by atomic mass is 10.2. The number of carbonyl (C=O) groups is 1. The second-order valence-electron chi connectivity index (χ2n) is 4.21. The molecule has 20 heavy (non-hydrogen) atoms. The van der Waals surface area contributed by atoms with Crippen molar-refractivity contribution >= 4 is 33.3 Å². The molecule has 0 spiro atoms. The van der Waals surface area contributed by atoms with Crippen LogP contribution in [0.15, 0.2) is 34.8 Å². The molecule has 0 radical (unpaired) electrons. The van der Waals surface area contributed by atoms with E-state index in [1.54, 1.807) is 32.2 Å². The summed E-state index contributed by atoms with van der Waals surface area (Å²) in [7, 11) is 1.73. The van der Waals surface area contributed by atoms with Crippen molar-refractivity contribution in [2.24, 2.45) is 0 Å². The Morgan fingerprint density at radius 2 is 2.05 bits per heavy atom. The molecule has 0 unspecified atom stereocenters. The Morgan fingerprint density at radius 3 is 2.75 bits per heavy atom. The lowest BCUT2D eigenvalue weighted by Gasteiger charge is -2.09. The number of carbonyl (C=O) groups excluding carboxylic acids is 1. The highest BCUT2D eigenvalue weighted by atomic mass is 79.9. The highest BCUT2D eigenvalue weighted by Gasteiger charge is 2.11. The van der Waals surface area contributed by atoms with Crippen LogP contribution >= 0.6 is 15.9 Å². The highest BCUT2D eigenvalue weighted by molar-refractivity contribution is 9.10. The molecule has 0 saturated heterocycles. The maximum atomic E-state index is 13.2. The van der Waals surface area contributed by atoms with Gasteiger partial charge in [-0.05, 0) is 53.2 Å². The van der Waals surface area contributed by atoms with Gasteiger partial charge in [0.2, 0.25) is 0 Å². The number of pyridine rings is 1. The molecule has 0 saturated carbocycles. The predicted molar refractivity (Wildman–Crippen MR) is 80.6 cm³/mol. The monoisotopic (exact) mass is 337 g/mol. The van der Waals surface area contributed by atoms with Gasteiger partial charge in [-0.2, -0.15) is 0 Å². The predicted octanol–water partition coefficient (Wildman–Crippen LogP) is 3.59. The third-order valence-electron chi connectivity index (χ3n) is 2.65. The standard InChI is InChI=1S/C14H13BrFN3O/c1-8-5-9(6-13(17-2)18-8)14(20)19-12-7-10(16)3-4-11(12)15/h3-7H,1-2H3,(H,17,18)(H,19,20). The summed E-state index contributed by atoms with van der Waals surface area (Å²) in [5.41, 5.74) is 1.56. The molecule has 2 rings (SSSR count). The van der Waals surface area contributed by atoms with Gasteiger partial charge in [0.05, 0.1) is 5.69 Å². The molecule has 0 aliphatic carbocycles. The molecule has 0 bridgehead atoms. The van der Waals surface area contributed by atoms with Crippen LogP contribution in [-0.4, -0.2) is 17.9 Å². The zero-order valence-electron chi connectivity index (χ0n) is 11.0. The van der Waals surface area contributed by atoms with Gasteiger partial charge in [-0.1, -0.05) is 0 Å². The molecule has 4 nitrogen and oxygen atoms in total. The maximum absolute atomic E-state index is 13.2. The van der Waals surface area contributed by atoms with E-state index >= 15 is 0 Å². The minimum Gasteiger partial charge on any atom is -0.373 e. The van der Waals surface area contributed by atoms with E-state index in [0.717, 1.165) is 5.69 Å². The molecule has 104 valence electrons. The number of hydrogen-bond acceptors (Lipinski definition) is 3. The molecule has 1 aromatic carbocycles. The normalized spacial score (nSPS) is 10.2. The molecule has 6 heteroatoms. The van der Waals surface area contributed by atoms with Crippen LogP contribution in [0.1, 0.15) is 16.1 Å².